The van der Waals surface area contributed by atoms with Gasteiger partial charge in [0.1, 0.15) is 0 Å². The molecule has 0 fully saturated rings. The summed E-state index contributed by atoms with van der Waals surface area (Å²) in [7, 11) is 0. The lowest BCUT2D eigenvalue weighted by Gasteiger charge is -2.06. The predicted octanol–water partition coefficient (Wildman–Crippen LogP) is 0.386. The number of aliphatic hydroxyl groups is 1. The zero-order valence-corrected chi connectivity index (χ0v) is 6.25. The molecule has 0 saturated carbocycles. The van der Waals surface area contributed by atoms with Crippen molar-refractivity contribution in [2.45, 2.75) is 6.42 Å². The van der Waals surface area contributed by atoms with Crippen LogP contribution in [0.2, 0.25) is 0 Å². The summed E-state index contributed by atoms with van der Waals surface area (Å²) in [5.41, 5.74) is 13.4. The fourth-order valence-electron chi connectivity index (χ4n) is 1.02. The fourth-order valence-corrected chi connectivity index (χ4v) is 1.02. The molecular formula is C8H12N2O. The summed E-state index contributed by atoms with van der Waals surface area (Å²) in [6.45, 7) is 0.0818. The second-order valence-corrected chi connectivity index (χ2v) is 2.39. The SMILES string of the molecule is Nc1cccc(N)c1CCO. The molecule has 0 spiro atoms. The van der Waals surface area contributed by atoms with Crippen molar-refractivity contribution in [2.75, 3.05) is 18.1 Å². The van der Waals surface area contributed by atoms with Crippen LogP contribution in [0.15, 0.2) is 18.2 Å². The Hall–Kier alpha value is -1.22. The van der Waals surface area contributed by atoms with Crippen molar-refractivity contribution >= 4 is 11.4 Å². The molecule has 0 unspecified atom stereocenters. The summed E-state index contributed by atoms with van der Waals surface area (Å²) in [4.78, 5) is 0. The van der Waals surface area contributed by atoms with Gasteiger partial charge in [-0.1, -0.05) is 6.07 Å². The van der Waals surface area contributed by atoms with Gasteiger partial charge in [-0.2, -0.15) is 0 Å². The van der Waals surface area contributed by atoms with E-state index in [9.17, 15) is 0 Å². The molecule has 1 aromatic rings. The third kappa shape index (κ3) is 1.62. The second-order valence-electron chi connectivity index (χ2n) is 2.39. The van der Waals surface area contributed by atoms with Crippen LogP contribution in [-0.4, -0.2) is 11.7 Å². The minimum Gasteiger partial charge on any atom is -0.398 e. The molecule has 0 aliphatic heterocycles. The minimum absolute atomic E-state index is 0.0818. The van der Waals surface area contributed by atoms with Gasteiger partial charge in [-0.3, -0.25) is 0 Å². The van der Waals surface area contributed by atoms with Crippen molar-refractivity contribution in [3.63, 3.8) is 0 Å². The number of nitrogen functional groups attached to an aromatic ring is 2. The molecule has 0 aliphatic carbocycles. The fraction of sp³-hybridized carbons (Fsp3) is 0.250. The third-order valence-corrected chi connectivity index (χ3v) is 1.61. The van der Waals surface area contributed by atoms with E-state index in [1.807, 2.05) is 0 Å². The van der Waals surface area contributed by atoms with Crippen LogP contribution in [0, 0.1) is 0 Å². The van der Waals surface area contributed by atoms with E-state index in [2.05, 4.69) is 0 Å². The Balaban J connectivity index is 3.00. The largest absolute Gasteiger partial charge is 0.398 e. The molecule has 60 valence electrons. The zero-order valence-electron chi connectivity index (χ0n) is 6.25. The summed E-state index contributed by atoms with van der Waals surface area (Å²) in [6, 6.07) is 5.36. The molecule has 0 aromatic heterocycles. The Labute approximate surface area is 65.6 Å². The van der Waals surface area contributed by atoms with Crippen LogP contribution in [0.1, 0.15) is 5.56 Å². The summed E-state index contributed by atoms with van der Waals surface area (Å²) in [5, 5.41) is 8.66. The second kappa shape index (κ2) is 3.25. The van der Waals surface area contributed by atoms with Crippen LogP contribution in [0.25, 0.3) is 0 Å². The van der Waals surface area contributed by atoms with Gasteiger partial charge >= 0.3 is 0 Å². The number of anilines is 2. The summed E-state index contributed by atoms with van der Waals surface area (Å²) in [6.07, 6.45) is 0.526. The molecular weight excluding hydrogens is 140 g/mol. The molecule has 0 saturated heterocycles. The van der Waals surface area contributed by atoms with Crippen molar-refractivity contribution in [1.82, 2.24) is 0 Å². The molecule has 3 heteroatoms. The first-order valence-electron chi connectivity index (χ1n) is 3.49. The topological polar surface area (TPSA) is 72.3 Å². The van der Waals surface area contributed by atoms with E-state index in [-0.39, 0.29) is 6.61 Å². The first kappa shape index (κ1) is 7.88. The zero-order chi connectivity index (χ0) is 8.27. The molecule has 0 radical (unpaired) electrons. The van der Waals surface area contributed by atoms with Gasteiger partial charge in [0.2, 0.25) is 0 Å². The van der Waals surface area contributed by atoms with E-state index in [1.165, 1.54) is 0 Å². The summed E-state index contributed by atoms with van der Waals surface area (Å²) < 4.78 is 0. The highest BCUT2D eigenvalue weighted by Gasteiger charge is 2.00. The van der Waals surface area contributed by atoms with Crippen LogP contribution in [0.5, 0.6) is 0 Å². The average molecular weight is 152 g/mol. The van der Waals surface area contributed by atoms with Gasteiger partial charge in [-0.15, -0.1) is 0 Å². The smallest absolute Gasteiger partial charge is 0.0473 e. The molecule has 0 atom stereocenters. The monoisotopic (exact) mass is 152 g/mol. The van der Waals surface area contributed by atoms with Gasteiger partial charge in [-0.05, 0) is 18.6 Å². The highest BCUT2D eigenvalue weighted by Crippen LogP contribution is 2.18. The highest BCUT2D eigenvalue weighted by molar-refractivity contribution is 5.61. The molecule has 0 heterocycles. The number of aliphatic hydroxyl groups excluding tert-OH is 1. The van der Waals surface area contributed by atoms with Gasteiger partial charge < -0.3 is 16.6 Å². The van der Waals surface area contributed by atoms with Gasteiger partial charge in [0.05, 0.1) is 0 Å². The minimum atomic E-state index is 0.0818. The normalized spacial score (nSPS) is 9.91. The maximum Gasteiger partial charge on any atom is 0.0473 e. The van der Waals surface area contributed by atoms with Gasteiger partial charge in [0, 0.05) is 23.5 Å². The lowest BCUT2D eigenvalue weighted by atomic mass is 10.1. The Morgan fingerprint density at radius 3 is 2.18 bits per heavy atom. The molecule has 0 aliphatic rings. The summed E-state index contributed by atoms with van der Waals surface area (Å²) in [5.74, 6) is 0. The molecule has 0 amide bonds. The van der Waals surface area contributed by atoms with Gasteiger partial charge in [0.15, 0.2) is 0 Å². The van der Waals surface area contributed by atoms with E-state index >= 15 is 0 Å². The van der Waals surface area contributed by atoms with Crippen molar-refractivity contribution < 1.29 is 5.11 Å². The number of rotatable bonds is 2. The predicted molar refractivity (Wildman–Crippen MR) is 46.1 cm³/mol. The Bertz CT molecular complexity index is 228. The van der Waals surface area contributed by atoms with Crippen LogP contribution >= 0.6 is 0 Å². The lowest BCUT2D eigenvalue weighted by molar-refractivity contribution is 0.300. The first-order chi connectivity index (χ1) is 5.25. The molecule has 0 bridgehead atoms. The van der Waals surface area contributed by atoms with E-state index in [0.29, 0.717) is 17.8 Å². The number of hydrogen-bond acceptors (Lipinski definition) is 3. The molecule has 5 N–H and O–H groups in total. The Morgan fingerprint density at radius 2 is 1.73 bits per heavy atom. The van der Waals surface area contributed by atoms with Crippen molar-refractivity contribution in [1.29, 1.82) is 0 Å². The van der Waals surface area contributed by atoms with Gasteiger partial charge in [-0.25, -0.2) is 0 Å². The Kier molecular flexibility index (Phi) is 2.33. The van der Waals surface area contributed by atoms with Crippen molar-refractivity contribution in [3.8, 4) is 0 Å². The van der Waals surface area contributed by atoms with Crippen LogP contribution in [-0.2, 0) is 6.42 Å². The van der Waals surface area contributed by atoms with Gasteiger partial charge in [0.25, 0.3) is 0 Å². The number of benzene rings is 1. The highest BCUT2D eigenvalue weighted by atomic mass is 16.2. The number of hydrogen-bond donors (Lipinski definition) is 3. The molecule has 1 rings (SSSR count). The standard InChI is InChI=1S/C8H12N2O/c9-7-2-1-3-8(10)6(7)4-5-11/h1-3,11H,4-5,9-10H2. The quantitative estimate of drug-likeness (QED) is 0.536. The molecule has 1 aromatic carbocycles. The van der Waals surface area contributed by atoms with Crippen LogP contribution in [0.3, 0.4) is 0 Å². The van der Waals surface area contributed by atoms with Crippen molar-refractivity contribution in [2.24, 2.45) is 0 Å². The Morgan fingerprint density at radius 1 is 1.18 bits per heavy atom. The summed E-state index contributed by atoms with van der Waals surface area (Å²) >= 11 is 0. The first-order valence-corrected chi connectivity index (χ1v) is 3.49. The maximum absolute atomic E-state index is 8.66. The van der Waals surface area contributed by atoms with E-state index < -0.39 is 0 Å². The van der Waals surface area contributed by atoms with Crippen molar-refractivity contribution in [3.05, 3.63) is 23.8 Å². The van der Waals surface area contributed by atoms with Crippen LogP contribution < -0.4 is 11.5 Å². The van der Waals surface area contributed by atoms with Crippen LogP contribution in [0.4, 0.5) is 11.4 Å². The van der Waals surface area contributed by atoms with E-state index in [1.54, 1.807) is 18.2 Å². The lowest BCUT2D eigenvalue weighted by Crippen LogP contribution is -2.01. The molecule has 11 heavy (non-hydrogen) atoms. The van der Waals surface area contributed by atoms with E-state index in [4.69, 9.17) is 16.6 Å². The maximum atomic E-state index is 8.66. The third-order valence-electron chi connectivity index (χ3n) is 1.61. The average Bonchev–Trinajstić information content (AvgIpc) is 1.97. The number of nitrogens with two attached hydrogens (primary N) is 2. The molecule has 3 nitrogen and oxygen atoms in total. The van der Waals surface area contributed by atoms with E-state index in [0.717, 1.165) is 5.56 Å².